The highest BCUT2D eigenvalue weighted by atomic mass is 28.4. The third-order valence-electron chi connectivity index (χ3n) is 5.61. The van der Waals surface area contributed by atoms with Gasteiger partial charge < -0.3 is 50.5 Å². The van der Waals surface area contributed by atoms with E-state index in [4.69, 9.17) is 39.8 Å². The first-order chi connectivity index (χ1) is 18.8. The fourth-order valence-corrected chi connectivity index (χ4v) is 12.0. The van der Waals surface area contributed by atoms with Gasteiger partial charge >= 0.3 is 26.4 Å². The fraction of sp³-hybridized carbons (Fsp3) is 0.917. The summed E-state index contributed by atoms with van der Waals surface area (Å²) >= 11 is 0. The molecule has 39 heavy (non-hydrogen) atoms. The average molecular weight is 629 g/mol. The van der Waals surface area contributed by atoms with E-state index in [0.29, 0.717) is 49.2 Å². The Morgan fingerprint density at radius 2 is 0.923 bits per heavy atom. The summed E-state index contributed by atoms with van der Waals surface area (Å²) in [6.45, 7) is 16.9. The van der Waals surface area contributed by atoms with Gasteiger partial charge in [0, 0.05) is 78.8 Å². The summed E-state index contributed by atoms with van der Waals surface area (Å²) in [5, 5.41) is 7.30. The van der Waals surface area contributed by atoms with Crippen molar-refractivity contribution < 1.29 is 39.8 Å². The van der Waals surface area contributed by atoms with Crippen LogP contribution in [0, 0.1) is 0 Å². The molecular weight excluding hydrogens is 573 g/mol. The van der Waals surface area contributed by atoms with Crippen molar-refractivity contribution in [1.82, 2.24) is 10.6 Å². The molecular formula is C24H56N2O9Si4. The van der Waals surface area contributed by atoms with Crippen molar-refractivity contribution in [1.29, 1.82) is 0 Å². The predicted octanol–water partition coefficient (Wildman–Crippen LogP) is 2.96. The quantitative estimate of drug-likeness (QED) is 0.0759. The molecule has 0 aliphatic heterocycles. The minimum absolute atomic E-state index is 0.0585. The Morgan fingerprint density at radius 1 is 0.590 bits per heavy atom. The van der Waals surface area contributed by atoms with Crippen LogP contribution in [0.1, 0.15) is 54.4 Å². The van der Waals surface area contributed by atoms with Gasteiger partial charge in [0.2, 0.25) is 0 Å². The van der Waals surface area contributed by atoms with Crippen molar-refractivity contribution >= 4 is 35.9 Å². The Labute approximate surface area is 243 Å². The van der Waals surface area contributed by atoms with E-state index in [1.807, 2.05) is 47.2 Å². The Kier molecular flexibility index (Phi) is 23.8. The summed E-state index contributed by atoms with van der Waals surface area (Å²) < 4.78 is 52.6. The minimum Gasteiger partial charge on any atom is -0.374 e. The summed E-state index contributed by atoms with van der Waals surface area (Å²) in [6.07, 6.45) is 1.75. The maximum Gasteiger partial charge on any atom is 0.528 e. The molecule has 11 nitrogen and oxygen atoms in total. The largest absolute Gasteiger partial charge is 0.528 e. The number of nitrogens with one attached hydrogen (secondary N) is 2. The van der Waals surface area contributed by atoms with Crippen LogP contribution in [0.2, 0.25) is 12.1 Å². The Balaban J connectivity index is 5.24. The highest BCUT2D eigenvalue weighted by Gasteiger charge is 2.40. The van der Waals surface area contributed by atoms with Crippen molar-refractivity contribution in [3.63, 3.8) is 0 Å². The molecule has 0 aromatic heterocycles. The fourth-order valence-electron chi connectivity index (χ4n) is 4.00. The van der Waals surface area contributed by atoms with Gasteiger partial charge in [-0.05, 0) is 73.2 Å². The van der Waals surface area contributed by atoms with E-state index in [-0.39, 0.29) is 5.79 Å². The van der Waals surface area contributed by atoms with E-state index in [0.717, 1.165) is 38.0 Å². The number of hydrogen-bond acceptors (Lipinski definition) is 11. The molecule has 0 aromatic carbocycles. The van der Waals surface area contributed by atoms with Crippen LogP contribution in [-0.2, 0) is 39.8 Å². The molecule has 0 bridgehead atoms. The van der Waals surface area contributed by atoms with Crippen molar-refractivity contribution in [3.05, 3.63) is 11.4 Å². The molecule has 0 amide bonds. The van der Waals surface area contributed by atoms with Crippen LogP contribution in [0.25, 0.3) is 0 Å². The number of rotatable bonds is 28. The molecule has 2 radical (unpaired) electrons. The molecule has 0 aliphatic rings. The maximum absolute atomic E-state index is 6.00. The molecule has 0 saturated carbocycles. The SMILES string of the molecule is CCO[Si](CCCNC(NCCC[Si](OCC)(OCC)OCC)[Si]C=C[Si](OC)(OC)OC)(OCC)OCC. The predicted molar refractivity (Wildman–Crippen MR) is 162 cm³/mol. The second-order valence-electron chi connectivity index (χ2n) is 8.23. The van der Waals surface area contributed by atoms with E-state index in [2.05, 4.69) is 16.3 Å². The molecule has 0 unspecified atom stereocenters. The third-order valence-corrected chi connectivity index (χ3v) is 15.6. The van der Waals surface area contributed by atoms with Crippen molar-refractivity contribution in [2.75, 3.05) is 74.1 Å². The topological polar surface area (TPSA) is 107 Å². The Bertz CT molecular complexity index is 532. The normalized spacial score (nSPS) is 13.3. The monoisotopic (exact) mass is 628 g/mol. The van der Waals surface area contributed by atoms with Gasteiger partial charge in [0.15, 0.2) is 0 Å². The number of hydrogen-bond donors (Lipinski definition) is 2. The van der Waals surface area contributed by atoms with Gasteiger partial charge in [0.1, 0.15) is 9.52 Å². The summed E-state index contributed by atoms with van der Waals surface area (Å²) in [5.74, 6) is 0.0585. The Hall–Kier alpha value is 0.168. The standard InChI is InChI=1S/C24H56N2O9Si4/c1-10-30-38(31-11-2,32-12-3)21-16-18-25-24(36-20-23-37(27-7,28-8)29-9)26-19-17-22-39(33-13-4,34-14-5)35-15-6/h20,23-26H,10-19,21-22H2,1-9H3. The lowest BCUT2D eigenvalue weighted by Crippen LogP contribution is -2.50. The third kappa shape index (κ3) is 15.8. The van der Waals surface area contributed by atoms with Gasteiger partial charge in [-0.25, -0.2) is 0 Å². The minimum atomic E-state index is -2.78. The highest BCUT2D eigenvalue weighted by Crippen LogP contribution is 2.19. The second-order valence-corrected chi connectivity index (χ2v) is 17.7. The van der Waals surface area contributed by atoms with Crippen LogP contribution in [0.4, 0.5) is 0 Å². The molecule has 232 valence electrons. The van der Waals surface area contributed by atoms with Gasteiger partial charge in [-0.2, -0.15) is 0 Å². The van der Waals surface area contributed by atoms with Crippen LogP contribution in [0.15, 0.2) is 11.4 Å². The molecule has 0 spiro atoms. The van der Waals surface area contributed by atoms with Gasteiger partial charge in [0.25, 0.3) is 0 Å². The molecule has 0 aromatic rings. The van der Waals surface area contributed by atoms with Gasteiger partial charge in [-0.3, -0.25) is 0 Å². The molecule has 0 saturated heterocycles. The maximum atomic E-state index is 6.00. The van der Waals surface area contributed by atoms with E-state index < -0.39 is 26.4 Å². The highest BCUT2D eigenvalue weighted by molar-refractivity contribution is 6.67. The van der Waals surface area contributed by atoms with Crippen molar-refractivity contribution in [3.8, 4) is 0 Å². The zero-order valence-corrected chi connectivity index (χ0v) is 29.9. The smallest absolute Gasteiger partial charge is 0.374 e. The average Bonchev–Trinajstić information content (AvgIpc) is 2.92. The Morgan fingerprint density at radius 3 is 1.21 bits per heavy atom. The molecule has 2 N–H and O–H groups in total. The van der Waals surface area contributed by atoms with E-state index in [1.165, 1.54) is 0 Å². The summed E-state index contributed by atoms with van der Waals surface area (Å²) in [7, 11) is -2.85. The van der Waals surface area contributed by atoms with Gasteiger partial charge in [-0.15, -0.1) is 0 Å². The van der Waals surface area contributed by atoms with Crippen LogP contribution >= 0.6 is 0 Å². The lowest BCUT2D eigenvalue weighted by Gasteiger charge is -2.29. The van der Waals surface area contributed by atoms with Gasteiger partial charge in [0.05, 0.1) is 0 Å². The van der Waals surface area contributed by atoms with E-state index >= 15 is 0 Å². The summed E-state index contributed by atoms with van der Waals surface area (Å²) in [6, 6.07) is 1.53. The first kappa shape index (κ1) is 39.2. The van der Waals surface area contributed by atoms with Crippen LogP contribution < -0.4 is 10.6 Å². The summed E-state index contributed by atoms with van der Waals surface area (Å²) in [5.41, 5.74) is 4.00. The molecule has 0 aliphatic carbocycles. The molecule has 0 fully saturated rings. The zero-order valence-electron chi connectivity index (χ0n) is 25.9. The van der Waals surface area contributed by atoms with Crippen LogP contribution in [0.3, 0.4) is 0 Å². The first-order valence-electron chi connectivity index (χ1n) is 14.2. The van der Waals surface area contributed by atoms with Crippen LogP contribution in [0.5, 0.6) is 0 Å². The van der Waals surface area contributed by atoms with Crippen molar-refractivity contribution in [2.24, 2.45) is 0 Å². The molecule has 0 atom stereocenters. The van der Waals surface area contributed by atoms with E-state index in [9.17, 15) is 0 Å². The summed E-state index contributed by atoms with van der Waals surface area (Å²) in [4.78, 5) is 0. The lowest BCUT2D eigenvalue weighted by atomic mass is 10.4. The lowest BCUT2D eigenvalue weighted by molar-refractivity contribution is 0.0701. The zero-order chi connectivity index (χ0) is 29.5. The molecule has 0 rings (SSSR count). The van der Waals surface area contributed by atoms with E-state index in [1.54, 1.807) is 21.3 Å². The first-order valence-corrected chi connectivity index (χ1v) is 21.0. The van der Waals surface area contributed by atoms with Crippen molar-refractivity contribution in [2.45, 2.75) is 72.3 Å². The van der Waals surface area contributed by atoms with Gasteiger partial charge in [-0.1, -0.05) is 5.70 Å². The van der Waals surface area contributed by atoms with Crippen LogP contribution in [-0.4, -0.2) is 116 Å². The second kappa shape index (κ2) is 23.7. The molecule has 0 heterocycles. The molecule has 15 heteroatoms.